The molecule has 0 aromatic carbocycles. The number of esters is 2. The molecule has 1 unspecified atom stereocenters. The van der Waals surface area contributed by atoms with Crippen molar-refractivity contribution >= 4 is 19.8 Å². The molecule has 6 N–H and O–H groups in total. The lowest BCUT2D eigenvalue weighted by Crippen LogP contribution is -2.30. The SMILES string of the molecule is CC/C=C\C[C@@H](O)/C=C/C=C/C=C\C=C/[C@H](O)[C@@H](O)CCCC(=O)OC[C@H](COP(=O)(O)OCCN)OC(=O)CCCCCCCCCCC/C=C\CCCCCCCC. The van der Waals surface area contributed by atoms with Crippen molar-refractivity contribution in [2.45, 2.75) is 186 Å². The number of carbonyl (C=O) groups excluding carboxylic acids is 2. The first-order valence-electron chi connectivity index (χ1n) is 22.7. The van der Waals surface area contributed by atoms with Crippen LogP contribution in [-0.2, 0) is 32.7 Å². The molecule has 0 fully saturated rings. The van der Waals surface area contributed by atoms with Crippen molar-refractivity contribution in [2.24, 2.45) is 5.73 Å². The largest absolute Gasteiger partial charge is 0.472 e. The Hall–Kier alpha value is -2.67. The number of carbonyl (C=O) groups is 2. The van der Waals surface area contributed by atoms with E-state index >= 15 is 0 Å². The molecule has 0 aliphatic heterocycles. The number of hydrogen-bond acceptors (Lipinski definition) is 11. The lowest BCUT2D eigenvalue weighted by Gasteiger charge is -2.20. The number of rotatable bonds is 41. The smallest absolute Gasteiger partial charge is 0.462 e. The van der Waals surface area contributed by atoms with E-state index in [1.54, 1.807) is 42.5 Å². The van der Waals surface area contributed by atoms with Crippen molar-refractivity contribution in [1.29, 1.82) is 0 Å². The maximum Gasteiger partial charge on any atom is 0.472 e. The Morgan fingerprint density at radius 1 is 0.633 bits per heavy atom. The maximum atomic E-state index is 12.6. The predicted octanol–water partition coefficient (Wildman–Crippen LogP) is 9.97. The minimum absolute atomic E-state index is 0.000848. The van der Waals surface area contributed by atoms with Gasteiger partial charge in [-0.1, -0.05) is 164 Å². The van der Waals surface area contributed by atoms with Gasteiger partial charge in [0.15, 0.2) is 6.10 Å². The Bertz CT molecular complexity index is 1270. The van der Waals surface area contributed by atoms with E-state index in [-0.39, 0.29) is 38.8 Å². The van der Waals surface area contributed by atoms with Crippen LogP contribution in [-0.4, -0.2) is 82.9 Å². The molecule has 0 heterocycles. The Morgan fingerprint density at radius 3 is 1.78 bits per heavy atom. The summed E-state index contributed by atoms with van der Waals surface area (Å²) in [6.07, 6.45) is 40.2. The Kier molecular flexibility index (Phi) is 39.8. The summed E-state index contributed by atoms with van der Waals surface area (Å²) in [6, 6.07) is 0. The molecule has 0 spiro atoms. The maximum absolute atomic E-state index is 12.6. The lowest BCUT2D eigenvalue weighted by molar-refractivity contribution is -0.161. The van der Waals surface area contributed by atoms with E-state index in [0.717, 1.165) is 25.7 Å². The minimum Gasteiger partial charge on any atom is -0.462 e. The normalized spacial score (nSPS) is 15.5. The van der Waals surface area contributed by atoms with Gasteiger partial charge >= 0.3 is 19.8 Å². The van der Waals surface area contributed by atoms with E-state index in [4.69, 9.17) is 24.3 Å². The molecule has 0 amide bonds. The summed E-state index contributed by atoms with van der Waals surface area (Å²) in [7, 11) is -4.47. The van der Waals surface area contributed by atoms with Gasteiger partial charge in [-0.25, -0.2) is 4.57 Å². The van der Waals surface area contributed by atoms with Gasteiger partial charge in [-0.05, 0) is 57.8 Å². The number of unbranched alkanes of at least 4 members (excludes halogenated alkanes) is 15. The minimum atomic E-state index is -4.47. The van der Waals surface area contributed by atoms with Crippen LogP contribution in [0.3, 0.4) is 0 Å². The van der Waals surface area contributed by atoms with Crippen molar-refractivity contribution in [3.8, 4) is 0 Å². The fourth-order valence-corrected chi connectivity index (χ4v) is 6.68. The molecule has 0 aromatic rings. The summed E-state index contributed by atoms with van der Waals surface area (Å²) < 4.78 is 32.6. The number of hydrogen-bond donors (Lipinski definition) is 5. The zero-order valence-corrected chi connectivity index (χ0v) is 37.9. The van der Waals surface area contributed by atoms with Crippen LogP contribution >= 0.6 is 7.82 Å². The first-order valence-corrected chi connectivity index (χ1v) is 24.2. The lowest BCUT2D eigenvalue weighted by atomic mass is 10.1. The van der Waals surface area contributed by atoms with E-state index in [1.807, 2.05) is 19.1 Å². The average Bonchev–Trinajstić information content (AvgIpc) is 3.22. The van der Waals surface area contributed by atoms with Crippen molar-refractivity contribution in [3.05, 3.63) is 72.9 Å². The van der Waals surface area contributed by atoms with Crippen LogP contribution in [0.15, 0.2) is 72.9 Å². The van der Waals surface area contributed by atoms with Gasteiger partial charge in [0.1, 0.15) is 6.61 Å². The Morgan fingerprint density at radius 2 is 1.18 bits per heavy atom. The molecule has 0 aliphatic rings. The molecule has 60 heavy (non-hydrogen) atoms. The van der Waals surface area contributed by atoms with Crippen LogP contribution in [0.5, 0.6) is 0 Å². The van der Waals surface area contributed by atoms with Gasteiger partial charge in [0.25, 0.3) is 0 Å². The summed E-state index contributed by atoms with van der Waals surface area (Å²) >= 11 is 0. The van der Waals surface area contributed by atoms with Crippen LogP contribution in [0, 0.1) is 0 Å². The molecule has 0 saturated heterocycles. The zero-order valence-electron chi connectivity index (χ0n) is 37.0. The van der Waals surface area contributed by atoms with E-state index in [1.165, 1.54) is 89.5 Å². The topological polar surface area (TPSA) is 195 Å². The number of aliphatic hydroxyl groups excluding tert-OH is 3. The van der Waals surface area contributed by atoms with Gasteiger partial charge in [0, 0.05) is 19.4 Å². The van der Waals surface area contributed by atoms with Crippen LogP contribution in [0.1, 0.15) is 162 Å². The monoisotopic (exact) mass is 868 g/mol. The van der Waals surface area contributed by atoms with E-state index in [0.29, 0.717) is 12.8 Å². The van der Waals surface area contributed by atoms with E-state index in [2.05, 4.69) is 19.1 Å². The standard InChI is InChI=1S/C47H82NO11P/c1-3-5-7-8-9-10-11-12-13-14-15-16-17-18-19-20-21-26-30-36-47(53)59-43(41-58-60(54,55)57-39-38-48)40-56-46(52)37-31-35-45(51)44(50)34-29-25-23-22-24-28-33-42(49)32-27-6-4-2/h6,12-13,22-25,27-29,33-34,42-45,49-51H,3-5,7-11,14-21,26,30-32,35-41,48H2,1-2H3,(H,54,55)/b13-12-,24-22+,25-23-,27-6-,33-28+,34-29-/t42-,43-,44+,45+/m1/s1. The van der Waals surface area contributed by atoms with Crippen LogP contribution in [0.2, 0.25) is 0 Å². The second-order valence-corrected chi connectivity index (χ2v) is 16.6. The van der Waals surface area contributed by atoms with Gasteiger partial charge in [-0.15, -0.1) is 0 Å². The molecule has 0 rings (SSSR count). The first kappa shape index (κ1) is 57.3. The van der Waals surface area contributed by atoms with Crippen molar-refractivity contribution < 1.29 is 52.9 Å². The second-order valence-electron chi connectivity index (χ2n) is 15.1. The molecule has 5 atom stereocenters. The van der Waals surface area contributed by atoms with Crippen molar-refractivity contribution in [3.63, 3.8) is 0 Å². The van der Waals surface area contributed by atoms with Gasteiger partial charge < -0.3 is 35.4 Å². The molecule has 0 aliphatic carbocycles. The molecule has 13 heteroatoms. The highest BCUT2D eigenvalue weighted by atomic mass is 31.2. The fraction of sp³-hybridized carbons (Fsp3) is 0.702. The highest BCUT2D eigenvalue weighted by molar-refractivity contribution is 7.47. The number of ether oxygens (including phenoxy) is 2. The molecule has 0 saturated carbocycles. The Balaban J connectivity index is 4.43. The third-order valence-electron chi connectivity index (χ3n) is 9.42. The molecular formula is C47H82NO11P. The zero-order chi connectivity index (χ0) is 44.4. The average molecular weight is 868 g/mol. The first-order chi connectivity index (χ1) is 29.0. The van der Waals surface area contributed by atoms with Gasteiger partial charge in [-0.3, -0.25) is 18.6 Å². The number of aliphatic hydroxyl groups is 3. The molecule has 0 bridgehead atoms. The van der Waals surface area contributed by atoms with E-state index < -0.39 is 57.4 Å². The van der Waals surface area contributed by atoms with Crippen LogP contribution in [0.4, 0.5) is 0 Å². The summed E-state index contributed by atoms with van der Waals surface area (Å²) in [5.41, 5.74) is 5.33. The summed E-state index contributed by atoms with van der Waals surface area (Å²) in [4.78, 5) is 35.0. The summed E-state index contributed by atoms with van der Waals surface area (Å²) in [6.45, 7) is 3.13. The van der Waals surface area contributed by atoms with Crippen LogP contribution < -0.4 is 5.73 Å². The summed E-state index contributed by atoms with van der Waals surface area (Å²) in [5.74, 6) is -1.17. The van der Waals surface area contributed by atoms with Crippen molar-refractivity contribution in [2.75, 3.05) is 26.4 Å². The summed E-state index contributed by atoms with van der Waals surface area (Å²) in [5, 5.41) is 30.4. The third kappa shape index (κ3) is 39.5. The fourth-order valence-electron chi connectivity index (χ4n) is 5.91. The third-order valence-corrected chi connectivity index (χ3v) is 10.4. The molecule has 12 nitrogen and oxygen atoms in total. The predicted molar refractivity (Wildman–Crippen MR) is 242 cm³/mol. The van der Waals surface area contributed by atoms with Crippen LogP contribution in [0.25, 0.3) is 0 Å². The molecule has 346 valence electrons. The highest BCUT2D eigenvalue weighted by Crippen LogP contribution is 2.43. The van der Waals surface area contributed by atoms with Gasteiger partial charge in [0.2, 0.25) is 0 Å². The highest BCUT2D eigenvalue weighted by Gasteiger charge is 2.26. The van der Waals surface area contributed by atoms with E-state index in [9.17, 15) is 34.4 Å². The number of nitrogens with two attached hydrogens (primary N) is 1. The van der Waals surface area contributed by atoms with Gasteiger partial charge in [0.05, 0.1) is 31.5 Å². The Labute approximate surface area is 362 Å². The molecule has 0 radical (unpaired) electrons. The number of phosphoric acid groups is 1. The molecule has 0 aromatic heterocycles. The molecular weight excluding hydrogens is 785 g/mol. The van der Waals surface area contributed by atoms with Gasteiger partial charge in [-0.2, -0.15) is 0 Å². The van der Waals surface area contributed by atoms with Crippen molar-refractivity contribution in [1.82, 2.24) is 0 Å². The quantitative estimate of drug-likeness (QED) is 0.0129. The number of phosphoric ester groups is 1. The second kappa shape index (κ2) is 41.7. The number of allylic oxidation sites excluding steroid dienone is 9.